The Balaban J connectivity index is 2.20. The molecule has 1 aliphatic rings. The van der Waals surface area contributed by atoms with Crippen LogP contribution in [-0.2, 0) is 11.0 Å². The molecular formula is C10H9F3N6O. The molecule has 1 aromatic heterocycles. The van der Waals surface area contributed by atoms with E-state index in [1.807, 2.05) is 0 Å². The molecule has 1 amide bonds. The maximum absolute atomic E-state index is 12.5. The first-order valence-electron chi connectivity index (χ1n) is 5.63. The van der Waals surface area contributed by atoms with Gasteiger partial charge in [0.25, 0.3) is 0 Å². The summed E-state index contributed by atoms with van der Waals surface area (Å²) in [7, 11) is 0. The fraction of sp³-hybridized carbons (Fsp3) is 0.500. The van der Waals surface area contributed by atoms with E-state index < -0.39 is 11.9 Å². The average Bonchev–Trinajstić information content (AvgIpc) is 2.77. The zero-order valence-electron chi connectivity index (χ0n) is 10.1. The third-order valence-electron chi connectivity index (χ3n) is 2.78. The number of hydrogen-bond acceptors (Lipinski definition) is 4. The van der Waals surface area contributed by atoms with Crippen LogP contribution in [0, 0.1) is 5.92 Å². The summed E-state index contributed by atoms with van der Waals surface area (Å²) in [5, 5.41) is 3.35. The molecule has 2 heterocycles. The highest BCUT2D eigenvalue weighted by Crippen LogP contribution is 2.29. The molecule has 1 atom stereocenters. The van der Waals surface area contributed by atoms with Gasteiger partial charge < -0.3 is 0 Å². The normalized spacial score (nSPS) is 19.1. The number of hydrogen-bond donors (Lipinski definition) is 0. The molecule has 2 rings (SSSR count). The molecule has 1 aromatic rings. The Hall–Kier alpha value is -2.35. The van der Waals surface area contributed by atoms with E-state index in [4.69, 9.17) is 5.53 Å². The number of azide groups is 1. The van der Waals surface area contributed by atoms with Gasteiger partial charge in [0.05, 0.1) is 0 Å². The number of carbonyl (C=O) groups excluding carboxylic acids is 1. The van der Waals surface area contributed by atoms with Crippen LogP contribution < -0.4 is 4.90 Å². The van der Waals surface area contributed by atoms with E-state index in [2.05, 4.69) is 20.0 Å². The van der Waals surface area contributed by atoms with Crippen molar-refractivity contribution in [2.24, 2.45) is 11.0 Å². The second kappa shape index (κ2) is 5.33. The Labute approximate surface area is 111 Å². The fourth-order valence-electron chi connectivity index (χ4n) is 1.89. The molecule has 0 N–H and O–H groups in total. The fourth-order valence-corrected chi connectivity index (χ4v) is 1.89. The van der Waals surface area contributed by atoms with Gasteiger partial charge in [-0.3, -0.25) is 9.69 Å². The van der Waals surface area contributed by atoms with Crippen molar-refractivity contribution in [3.05, 3.63) is 28.4 Å². The molecule has 0 aromatic carbocycles. The molecule has 1 fully saturated rings. The molecule has 106 valence electrons. The number of nitrogens with zero attached hydrogens (tertiary/aromatic N) is 6. The summed E-state index contributed by atoms with van der Waals surface area (Å²) in [4.78, 5) is 22.4. The van der Waals surface area contributed by atoms with Crippen LogP contribution in [0.25, 0.3) is 10.4 Å². The number of amides is 1. The third kappa shape index (κ3) is 2.97. The lowest BCUT2D eigenvalue weighted by Crippen LogP contribution is -2.27. The van der Waals surface area contributed by atoms with Crippen LogP contribution in [-0.4, -0.2) is 29.0 Å². The van der Waals surface area contributed by atoms with Crippen molar-refractivity contribution in [1.29, 1.82) is 0 Å². The predicted molar refractivity (Wildman–Crippen MR) is 61.5 cm³/mol. The summed E-state index contributed by atoms with van der Waals surface area (Å²) in [6, 6.07) is 0.738. The highest BCUT2D eigenvalue weighted by molar-refractivity contribution is 5.94. The van der Waals surface area contributed by atoms with Gasteiger partial charge in [0.1, 0.15) is 5.69 Å². The van der Waals surface area contributed by atoms with E-state index in [1.165, 1.54) is 0 Å². The molecule has 0 radical (unpaired) electrons. The molecule has 20 heavy (non-hydrogen) atoms. The van der Waals surface area contributed by atoms with E-state index in [0.29, 0.717) is 0 Å². The first kappa shape index (κ1) is 14.1. The molecule has 1 unspecified atom stereocenters. The van der Waals surface area contributed by atoms with Crippen LogP contribution in [0.3, 0.4) is 0 Å². The Morgan fingerprint density at radius 1 is 1.55 bits per heavy atom. The quantitative estimate of drug-likeness (QED) is 0.484. The Morgan fingerprint density at radius 3 is 2.95 bits per heavy atom. The van der Waals surface area contributed by atoms with Gasteiger partial charge >= 0.3 is 6.18 Å². The predicted octanol–water partition coefficient (Wildman–Crippen LogP) is 2.16. The number of carbonyl (C=O) groups is 1. The average molecular weight is 286 g/mol. The zero-order valence-corrected chi connectivity index (χ0v) is 10.1. The number of alkyl halides is 3. The smallest absolute Gasteiger partial charge is 0.280 e. The Bertz CT molecular complexity index is 568. The zero-order chi connectivity index (χ0) is 14.8. The summed E-state index contributed by atoms with van der Waals surface area (Å²) in [6.45, 7) is 0.247. The summed E-state index contributed by atoms with van der Waals surface area (Å²) in [5.41, 5.74) is 7.11. The van der Waals surface area contributed by atoms with Crippen LogP contribution >= 0.6 is 0 Å². The van der Waals surface area contributed by atoms with Gasteiger partial charge in [0.2, 0.25) is 11.9 Å². The van der Waals surface area contributed by atoms with Crippen LogP contribution in [0.1, 0.15) is 12.1 Å². The molecule has 1 aliphatic heterocycles. The number of aromatic nitrogens is 2. The van der Waals surface area contributed by atoms with Gasteiger partial charge in [-0.25, -0.2) is 9.97 Å². The van der Waals surface area contributed by atoms with Gasteiger partial charge in [-0.15, -0.1) is 0 Å². The number of rotatable bonds is 3. The third-order valence-corrected chi connectivity index (χ3v) is 2.78. The lowest BCUT2D eigenvalue weighted by atomic mass is 10.1. The molecule has 0 spiro atoms. The second-order valence-corrected chi connectivity index (χ2v) is 4.23. The van der Waals surface area contributed by atoms with Gasteiger partial charge in [0.15, 0.2) is 0 Å². The molecule has 10 heteroatoms. The lowest BCUT2D eigenvalue weighted by Gasteiger charge is -2.15. The minimum absolute atomic E-state index is 0.0959. The molecule has 0 aliphatic carbocycles. The highest BCUT2D eigenvalue weighted by Gasteiger charge is 2.36. The largest absolute Gasteiger partial charge is 0.433 e. The van der Waals surface area contributed by atoms with E-state index in [9.17, 15) is 18.0 Å². The maximum Gasteiger partial charge on any atom is 0.433 e. The Morgan fingerprint density at radius 2 is 2.30 bits per heavy atom. The van der Waals surface area contributed by atoms with E-state index >= 15 is 0 Å². The SMILES string of the molecule is [N-]=[N+]=NCC1CC(=O)N(c2nccc(C(F)(F)F)n2)C1. The molecule has 0 bridgehead atoms. The lowest BCUT2D eigenvalue weighted by molar-refractivity contribution is -0.141. The van der Waals surface area contributed by atoms with Gasteiger partial charge in [-0.05, 0) is 17.5 Å². The van der Waals surface area contributed by atoms with Crippen molar-refractivity contribution in [3.8, 4) is 0 Å². The minimum atomic E-state index is -4.59. The van der Waals surface area contributed by atoms with Gasteiger partial charge in [-0.2, -0.15) is 13.2 Å². The Kier molecular flexibility index (Phi) is 3.75. The van der Waals surface area contributed by atoms with E-state index in [1.54, 1.807) is 0 Å². The molecular weight excluding hydrogens is 277 g/mol. The molecule has 0 saturated carbocycles. The summed E-state index contributed by atoms with van der Waals surface area (Å²) < 4.78 is 37.6. The van der Waals surface area contributed by atoms with E-state index in [0.717, 1.165) is 17.2 Å². The van der Waals surface area contributed by atoms with Crippen LogP contribution in [0.15, 0.2) is 17.4 Å². The monoisotopic (exact) mass is 286 g/mol. The van der Waals surface area contributed by atoms with Crippen molar-refractivity contribution in [2.45, 2.75) is 12.6 Å². The van der Waals surface area contributed by atoms with Crippen molar-refractivity contribution in [1.82, 2.24) is 9.97 Å². The summed E-state index contributed by atoms with van der Waals surface area (Å²) in [5.74, 6) is -0.910. The van der Waals surface area contributed by atoms with Crippen molar-refractivity contribution < 1.29 is 18.0 Å². The topological polar surface area (TPSA) is 94.9 Å². The first-order chi connectivity index (χ1) is 9.41. The van der Waals surface area contributed by atoms with Crippen LogP contribution in [0.5, 0.6) is 0 Å². The standard InChI is InChI=1S/C10H9F3N6O/c11-10(12,13)7-1-2-15-9(17-7)19-5-6(3-8(19)20)4-16-18-14/h1-2,6H,3-5H2. The second-order valence-electron chi connectivity index (χ2n) is 4.23. The molecule has 1 saturated heterocycles. The number of halogens is 3. The molecule has 7 nitrogen and oxygen atoms in total. The summed E-state index contributed by atoms with van der Waals surface area (Å²) in [6.07, 6.45) is -3.54. The van der Waals surface area contributed by atoms with Crippen molar-refractivity contribution >= 4 is 11.9 Å². The van der Waals surface area contributed by atoms with E-state index in [-0.39, 0.29) is 37.3 Å². The van der Waals surface area contributed by atoms with Gasteiger partial charge in [0, 0.05) is 30.6 Å². The number of anilines is 1. The summed E-state index contributed by atoms with van der Waals surface area (Å²) >= 11 is 0. The maximum atomic E-state index is 12.5. The first-order valence-corrected chi connectivity index (χ1v) is 5.63. The van der Waals surface area contributed by atoms with Gasteiger partial charge in [-0.1, -0.05) is 5.11 Å². The van der Waals surface area contributed by atoms with Crippen LogP contribution in [0.2, 0.25) is 0 Å². The minimum Gasteiger partial charge on any atom is -0.280 e. The van der Waals surface area contributed by atoms with Crippen LogP contribution in [0.4, 0.5) is 19.1 Å². The van der Waals surface area contributed by atoms with Crippen molar-refractivity contribution in [2.75, 3.05) is 18.0 Å². The highest BCUT2D eigenvalue weighted by atomic mass is 19.4. The van der Waals surface area contributed by atoms with Crippen molar-refractivity contribution in [3.63, 3.8) is 0 Å².